The maximum atomic E-state index is 13.0. The van der Waals surface area contributed by atoms with Crippen LogP contribution in [0.5, 0.6) is 0 Å². The fourth-order valence-electron chi connectivity index (χ4n) is 3.16. The Kier molecular flexibility index (Phi) is 4.54. The monoisotopic (exact) mass is 354 g/mol. The van der Waals surface area contributed by atoms with Crippen LogP contribution >= 0.6 is 0 Å². The van der Waals surface area contributed by atoms with Crippen molar-refractivity contribution >= 4 is 17.2 Å². The molecule has 4 aromatic rings. The number of nitrogens with one attached hydrogen (secondary N) is 1. The highest BCUT2D eigenvalue weighted by molar-refractivity contribution is 6.43. The van der Waals surface area contributed by atoms with Gasteiger partial charge in [0, 0.05) is 23.8 Å². The van der Waals surface area contributed by atoms with Crippen LogP contribution in [0.15, 0.2) is 91.1 Å². The van der Waals surface area contributed by atoms with Gasteiger partial charge in [-0.3, -0.25) is 9.59 Å². The summed E-state index contributed by atoms with van der Waals surface area (Å²) in [5.74, 6) is -1.16. The average molecular weight is 354 g/mol. The van der Waals surface area contributed by atoms with Gasteiger partial charge in [0.25, 0.3) is 11.7 Å². The second kappa shape index (κ2) is 7.30. The molecule has 4 rings (SSSR count). The lowest BCUT2D eigenvalue weighted by atomic mass is 10.0. The molecule has 2 aromatic carbocycles. The Bertz CT molecular complexity index is 1100. The minimum Gasteiger partial charge on any atom is -0.345 e. The van der Waals surface area contributed by atoms with E-state index in [1.165, 1.54) is 0 Å². The topological polar surface area (TPSA) is 50.6 Å². The number of fused-ring (bicyclic) bond motifs is 1. The third kappa shape index (κ3) is 3.37. The largest absolute Gasteiger partial charge is 0.345 e. The summed E-state index contributed by atoms with van der Waals surface area (Å²) in [4.78, 5) is 25.6. The number of carbonyl (C=O) groups is 2. The number of Topliss-reactive ketones (excluding diaryl/α,β-unsaturated/α-hetero) is 1. The Morgan fingerprint density at radius 2 is 1.48 bits per heavy atom. The van der Waals surface area contributed by atoms with Crippen molar-refractivity contribution in [1.82, 2.24) is 9.72 Å². The highest BCUT2D eigenvalue weighted by Crippen LogP contribution is 2.28. The lowest BCUT2D eigenvalue weighted by Gasteiger charge is -2.08. The summed E-state index contributed by atoms with van der Waals surface area (Å²) in [6.07, 6.45) is 1.81. The van der Waals surface area contributed by atoms with E-state index in [-0.39, 0.29) is 0 Å². The Hall–Kier alpha value is -3.66. The Balaban J connectivity index is 1.69. The van der Waals surface area contributed by atoms with Crippen LogP contribution < -0.4 is 5.32 Å². The second-order valence-electron chi connectivity index (χ2n) is 6.27. The quantitative estimate of drug-likeness (QED) is 0.433. The van der Waals surface area contributed by atoms with Crippen molar-refractivity contribution in [2.75, 3.05) is 0 Å². The van der Waals surface area contributed by atoms with E-state index >= 15 is 0 Å². The van der Waals surface area contributed by atoms with E-state index < -0.39 is 11.7 Å². The molecule has 0 radical (unpaired) electrons. The van der Waals surface area contributed by atoms with E-state index in [1.807, 2.05) is 84.9 Å². The van der Waals surface area contributed by atoms with E-state index in [1.54, 1.807) is 10.6 Å². The first-order valence-electron chi connectivity index (χ1n) is 8.76. The van der Waals surface area contributed by atoms with Crippen LogP contribution in [0.25, 0.3) is 16.6 Å². The number of carbonyl (C=O) groups excluding carboxylic acids is 2. The van der Waals surface area contributed by atoms with Crippen LogP contribution in [0.1, 0.15) is 16.1 Å². The fraction of sp³-hybridized carbons (Fsp3) is 0.0435. The first kappa shape index (κ1) is 16.8. The molecule has 27 heavy (non-hydrogen) atoms. The molecule has 1 N–H and O–H groups in total. The van der Waals surface area contributed by atoms with Crippen molar-refractivity contribution in [3.8, 4) is 11.1 Å². The number of hydrogen-bond donors (Lipinski definition) is 1. The summed E-state index contributed by atoms with van der Waals surface area (Å²) in [6.45, 7) is 0.315. The van der Waals surface area contributed by atoms with Crippen LogP contribution in [0.3, 0.4) is 0 Å². The number of aromatic nitrogens is 1. The summed E-state index contributed by atoms with van der Waals surface area (Å²) in [7, 11) is 0. The van der Waals surface area contributed by atoms with Crippen LogP contribution in [-0.4, -0.2) is 16.1 Å². The number of ketones is 1. The van der Waals surface area contributed by atoms with Gasteiger partial charge in [0.15, 0.2) is 0 Å². The van der Waals surface area contributed by atoms with Crippen LogP contribution in [0.4, 0.5) is 0 Å². The molecule has 4 nitrogen and oxygen atoms in total. The van der Waals surface area contributed by atoms with Crippen molar-refractivity contribution in [3.05, 3.63) is 102 Å². The van der Waals surface area contributed by atoms with Gasteiger partial charge in [-0.2, -0.15) is 0 Å². The number of rotatable bonds is 5. The predicted octanol–water partition coefficient (Wildman–Crippen LogP) is 4.11. The van der Waals surface area contributed by atoms with Crippen LogP contribution in [0, 0.1) is 0 Å². The van der Waals surface area contributed by atoms with Gasteiger partial charge in [-0.1, -0.05) is 66.7 Å². The summed E-state index contributed by atoms with van der Waals surface area (Å²) >= 11 is 0. The number of benzene rings is 2. The molecule has 0 fully saturated rings. The zero-order chi connectivity index (χ0) is 18.6. The Morgan fingerprint density at radius 1 is 0.815 bits per heavy atom. The molecule has 2 aromatic heterocycles. The minimum absolute atomic E-state index is 0.315. The van der Waals surface area contributed by atoms with Gasteiger partial charge in [0.2, 0.25) is 0 Å². The van der Waals surface area contributed by atoms with Crippen molar-refractivity contribution in [3.63, 3.8) is 0 Å². The van der Waals surface area contributed by atoms with Crippen molar-refractivity contribution in [2.24, 2.45) is 0 Å². The standard InChI is InChI=1S/C23H18N2O2/c26-22(23(27)24-16-17-9-3-1-4-10-17)21-20(18-11-5-2-6-12-18)15-19-13-7-8-14-25(19)21/h1-15H,16H2,(H,24,27). The number of nitrogens with zero attached hydrogens (tertiary/aromatic N) is 1. The number of hydrogen-bond acceptors (Lipinski definition) is 2. The molecule has 2 heterocycles. The molecule has 0 saturated heterocycles. The molecule has 0 spiro atoms. The Labute approximate surface area is 157 Å². The van der Waals surface area contributed by atoms with Crippen molar-refractivity contribution in [2.45, 2.75) is 6.54 Å². The molecule has 0 aliphatic carbocycles. The average Bonchev–Trinajstić information content (AvgIpc) is 3.12. The molecular formula is C23H18N2O2. The second-order valence-corrected chi connectivity index (χ2v) is 6.27. The Morgan fingerprint density at radius 3 is 2.22 bits per heavy atom. The van der Waals surface area contributed by atoms with Gasteiger partial charge in [-0.25, -0.2) is 0 Å². The summed E-state index contributed by atoms with van der Waals surface area (Å²) in [6, 6.07) is 26.8. The van der Waals surface area contributed by atoms with Crippen LogP contribution in [-0.2, 0) is 11.3 Å². The van der Waals surface area contributed by atoms with E-state index in [2.05, 4.69) is 5.32 Å². The minimum atomic E-state index is -0.611. The summed E-state index contributed by atoms with van der Waals surface area (Å²) in [5, 5.41) is 2.73. The lowest BCUT2D eigenvalue weighted by molar-refractivity contribution is -0.117. The number of amides is 1. The predicted molar refractivity (Wildman–Crippen MR) is 105 cm³/mol. The zero-order valence-electron chi connectivity index (χ0n) is 14.6. The summed E-state index contributed by atoms with van der Waals surface area (Å²) in [5.41, 5.74) is 3.85. The van der Waals surface area contributed by atoms with E-state index in [0.29, 0.717) is 12.2 Å². The highest BCUT2D eigenvalue weighted by Gasteiger charge is 2.24. The third-order valence-electron chi connectivity index (χ3n) is 4.48. The van der Waals surface area contributed by atoms with Gasteiger partial charge in [0.05, 0.1) is 0 Å². The molecule has 132 valence electrons. The van der Waals surface area contributed by atoms with Crippen molar-refractivity contribution in [1.29, 1.82) is 0 Å². The maximum absolute atomic E-state index is 13.0. The molecular weight excluding hydrogens is 336 g/mol. The first-order chi connectivity index (χ1) is 13.2. The molecule has 0 bridgehead atoms. The van der Waals surface area contributed by atoms with Gasteiger partial charge < -0.3 is 9.72 Å². The fourth-order valence-corrected chi connectivity index (χ4v) is 3.16. The molecule has 0 atom stereocenters. The molecule has 0 saturated carbocycles. The zero-order valence-corrected chi connectivity index (χ0v) is 14.6. The normalized spacial score (nSPS) is 10.7. The summed E-state index contributed by atoms with van der Waals surface area (Å²) < 4.78 is 1.77. The first-order valence-corrected chi connectivity index (χ1v) is 8.76. The lowest BCUT2D eigenvalue weighted by Crippen LogP contribution is -2.31. The van der Waals surface area contributed by atoms with Crippen molar-refractivity contribution < 1.29 is 9.59 Å². The van der Waals surface area contributed by atoms with E-state index in [9.17, 15) is 9.59 Å². The highest BCUT2D eigenvalue weighted by atomic mass is 16.2. The van der Waals surface area contributed by atoms with Gasteiger partial charge >= 0.3 is 0 Å². The molecule has 1 amide bonds. The molecule has 0 aliphatic heterocycles. The maximum Gasteiger partial charge on any atom is 0.294 e. The van der Waals surface area contributed by atoms with Gasteiger partial charge in [-0.15, -0.1) is 0 Å². The SMILES string of the molecule is O=C(NCc1ccccc1)C(=O)c1c(-c2ccccc2)cc2ccccn12. The van der Waals surface area contributed by atoms with Gasteiger partial charge in [0.1, 0.15) is 5.69 Å². The number of pyridine rings is 1. The molecule has 0 unspecified atom stereocenters. The third-order valence-corrected chi connectivity index (χ3v) is 4.48. The van der Waals surface area contributed by atoms with Gasteiger partial charge in [-0.05, 0) is 29.3 Å². The smallest absolute Gasteiger partial charge is 0.294 e. The molecule has 0 aliphatic rings. The van der Waals surface area contributed by atoms with E-state index in [4.69, 9.17) is 0 Å². The van der Waals surface area contributed by atoms with Crippen LogP contribution in [0.2, 0.25) is 0 Å². The molecule has 4 heteroatoms. The van der Waals surface area contributed by atoms with E-state index in [0.717, 1.165) is 22.2 Å².